The van der Waals surface area contributed by atoms with Crippen molar-refractivity contribution in [2.75, 3.05) is 6.61 Å². The number of nitrogens with one attached hydrogen (secondary N) is 1. The van der Waals surface area contributed by atoms with Gasteiger partial charge >= 0.3 is 6.09 Å². The number of benzene rings is 1. The zero-order valence-corrected chi connectivity index (χ0v) is 12.1. The van der Waals surface area contributed by atoms with Gasteiger partial charge in [0, 0.05) is 0 Å². The van der Waals surface area contributed by atoms with Crippen molar-refractivity contribution in [3.63, 3.8) is 0 Å². The number of carbonyl (C=O) groups is 2. The molecule has 0 bridgehead atoms. The van der Waals surface area contributed by atoms with E-state index in [0.29, 0.717) is 6.29 Å². The molecule has 5 heteroatoms. The molecule has 1 unspecified atom stereocenters. The fourth-order valence-corrected chi connectivity index (χ4v) is 1.37. The summed E-state index contributed by atoms with van der Waals surface area (Å²) in [7, 11) is 0. The number of carbonyl (C=O) groups excluding carboxylic acids is 2. The Hall–Kier alpha value is -1.88. The van der Waals surface area contributed by atoms with Crippen LogP contribution in [0.3, 0.4) is 0 Å². The van der Waals surface area contributed by atoms with Crippen LogP contribution in [0.2, 0.25) is 0 Å². The number of rotatable bonds is 6. The molecule has 1 aromatic carbocycles. The third-order valence-corrected chi connectivity index (χ3v) is 2.38. The lowest BCUT2D eigenvalue weighted by molar-refractivity contribution is -0.112. The summed E-state index contributed by atoms with van der Waals surface area (Å²) in [6, 6.07) is 8.61. The largest absolute Gasteiger partial charge is 0.445 e. The Morgan fingerprint density at radius 1 is 1.30 bits per heavy atom. The van der Waals surface area contributed by atoms with Crippen LogP contribution < -0.4 is 5.32 Å². The quantitative estimate of drug-likeness (QED) is 0.811. The van der Waals surface area contributed by atoms with Gasteiger partial charge in [-0.05, 0) is 26.3 Å². The molecule has 110 valence electrons. The highest BCUT2D eigenvalue weighted by Gasteiger charge is 2.17. The molecule has 0 fully saturated rings. The summed E-state index contributed by atoms with van der Waals surface area (Å²) in [4.78, 5) is 22.4. The summed E-state index contributed by atoms with van der Waals surface area (Å²) in [5.74, 6) is 0. The van der Waals surface area contributed by atoms with Crippen molar-refractivity contribution in [3.05, 3.63) is 35.9 Å². The van der Waals surface area contributed by atoms with Gasteiger partial charge in [-0.3, -0.25) is 0 Å². The van der Waals surface area contributed by atoms with Crippen molar-refractivity contribution < 1.29 is 19.1 Å². The van der Waals surface area contributed by atoms with E-state index >= 15 is 0 Å². The zero-order valence-electron chi connectivity index (χ0n) is 12.1. The Labute approximate surface area is 119 Å². The van der Waals surface area contributed by atoms with E-state index in [0.717, 1.165) is 5.56 Å². The Balaban J connectivity index is 2.34. The Bertz CT molecular complexity index is 425. The van der Waals surface area contributed by atoms with E-state index < -0.39 is 12.1 Å². The van der Waals surface area contributed by atoms with Gasteiger partial charge in [0.1, 0.15) is 18.9 Å². The van der Waals surface area contributed by atoms with Crippen LogP contribution in [0, 0.1) is 0 Å². The molecule has 0 aliphatic rings. The minimum Gasteiger partial charge on any atom is -0.445 e. The number of aldehydes is 1. The number of hydrogen-bond acceptors (Lipinski definition) is 4. The molecule has 0 aromatic heterocycles. The van der Waals surface area contributed by atoms with Crippen molar-refractivity contribution in [1.29, 1.82) is 0 Å². The molecule has 1 atom stereocenters. The maximum atomic E-state index is 11.6. The minimum atomic E-state index is -0.711. The number of hydrogen-bond donors (Lipinski definition) is 1. The predicted molar refractivity (Wildman–Crippen MR) is 75.3 cm³/mol. The fraction of sp³-hybridized carbons (Fsp3) is 0.467. The molecule has 1 rings (SSSR count). The Morgan fingerprint density at radius 2 is 1.95 bits per heavy atom. The highest BCUT2D eigenvalue weighted by atomic mass is 16.5. The normalized spacial score (nSPS) is 12.6. The molecule has 0 saturated carbocycles. The smallest absolute Gasteiger partial charge is 0.408 e. The van der Waals surface area contributed by atoms with E-state index in [-0.39, 0.29) is 18.8 Å². The van der Waals surface area contributed by atoms with Crippen LogP contribution in [0.25, 0.3) is 0 Å². The lowest BCUT2D eigenvalue weighted by atomic mass is 10.2. The monoisotopic (exact) mass is 279 g/mol. The maximum Gasteiger partial charge on any atom is 0.408 e. The average Bonchev–Trinajstić information content (AvgIpc) is 2.41. The van der Waals surface area contributed by atoms with Crippen molar-refractivity contribution >= 4 is 12.4 Å². The first-order chi connectivity index (χ1) is 9.40. The van der Waals surface area contributed by atoms with E-state index in [9.17, 15) is 9.59 Å². The van der Waals surface area contributed by atoms with Crippen molar-refractivity contribution in [2.45, 2.75) is 39.0 Å². The SMILES string of the molecule is CC(C)(C)OCC(C=O)NC(=O)OCc1ccccc1. The Morgan fingerprint density at radius 3 is 2.50 bits per heavy atom. The minimum absolute atomic E-state index is 0.118. The second-order valence-electron chi connectivity index (χ2n) is 5.37. The summed E-state index contributed by atoms with van der Waals surface area (Å²) in [5.41, 5.74) is 0.521. The van der Waals surface area contributed by atoms with Crippen LogP contribution in [-0.2, 0) is 20.9 Å². The van der Waals surface area contributed by atoms with E-state index in [1.54, 1.807) is 0 Å². The first-order valence-corrected chi connectivity index (χ1v) is 6.47. The predicted octanol–water partition coefficient (Wildman–Crippen LogP) is 2.30. The molecule has 0 heterocycles. The topological polar surface area (TPSA) is 64.6 Å². The first-order valence-electron chi connectivity index (χ1n) is 6.47. The Kier molecular flexibility index (Phi) is 6.18. The van der Waals surface area contributed by atoms with Crippen molar-refractivity contribution in [3.8, 4) is 0 Å². The molecular weight excluding hydrogens is 258 g/mol. The molecule has 1 amide bonds. The van der Waals surface area contributed by atoms with Crippen LogP contribution >= 0.6 is 0 Å². The maximum absolute atomic E-state index is 11.6. The fourth-order valence-electron chi connectivity index (χ4n) is 1.37. The van der Waals surface area contributed by atoms with Gasteiger partial charge in [0.25, 0.3) is 0 Å². The standard InChI is InChI=1S/C15H21NO4/c1-15(2,3)20-11-13(9-17)16-14(18)19-10-12-7-5-4-6-8-12/h4-9,13H,10-11H2,1-3H3,(H,16,18). The van der Waals surface area contributed by atoms with Crippen molar-refractivity contribution in [2.24, 2.45) is 0 Å². The second kappa shape index (κ2) is 7.65. The second-order valence-corrected chi connectivity index (χ2v) is 5.37. The summed E-state index contributed by atoms with van der Waals surface area (Å²) in [6.07, 6.45) is -0.00124. The van der Waals surface area contributed by atoms with E-state index in [1.165, 1.54) is 0 Å². The van der Waals surface area contributed by atoms with Crippen LogP contribution in [0.5, 0.6) is 0 Å². The molecule has 0 aliphatic heterocycles. The summed E-state index contributed by atoms with van der Waals surface area (Å²) in [5, 5.41) is 2.46. The van der Waals surface area contributed by atoms with Gasteiger partial charge in [0.15, 0.2) is 0 Å². The van der Waals surface area contributed by atoms with E-state index in [1.807, 2.05) is 51.1 Å². The highest BCUT2D eigenvalue weighted by Crippen LogP contribution is 2.07. The number of alkyl carbamates (subject to hydrolysis) is 1. The van der Waals surface area contributed by atoms with Crippen LogP contribution in [0.1, 0.15) is 26.3 Å². The zero-order chi connectivity index (χ0) is 15.0. The lowest BCUT2D eigenvalue weighted by Gasteiger charge is -2.22. The summed E-state index contributed by atoms with van der Waals surface area (Å²) >= 11 is 0. The van der Waals surface area contributed by atoms with Gasteiger partial charge in [-0.1, -0.05) is 30.3 Å². The molecule has 1 N–H and O–H groups in total. The van der Waals surface area contributed by atoms with Gasteiger partial charge in [-0.25, -0.2) is 4.79 Å². The van der Waals surface area contributed by atoms with Crippen molar-refractivity contribution in [1.82, 2.24) is 5.32 Å². The average molecular weight is 279 g/mol. The third kappa shape index (κ3) is 6.89. The van der Waals surface area contributed by atoms with Gasteiger partial charge in [0.05, 0.1) is 12.2 Å². The summed E-state index contributed by atoms with van der Waals surface area (Å²) < 4.78 is 10.5. The molecular formula is C15H21NO4. The van der Waals surface area contributed by atoms with E-state index in [4.69, 9.17) is 9.47 Å². The van der Waals surface area contributed by atoms with Gasteiger partial charge < -0.3 is 19.6 Å². The van der Waals surface area contributed by atoms with E-state index in [2.05, 4.69) is 5.32 Å². The third-order valence-electron chi connectivity index (χ3n) is 2.38. The number of ether oxygens (including phenoxy) is 2. The molecule has 0 saturated heterocycles. The van der Waals surface area contributed by atoms with Crippen LogP contribution in [0.4, 0.5) is 4.79 Å². The lowest BCUT2D eigenvalue weighted by Crippen LogP contribution is -2.41. The van der Waals surface area contributed by atoms with Crippen LogP contribution in [0.15, 0.2) is 30.3 Å². The molecule has 5 nitrogen and oxygen atoms in total. The molecule has 0 spiro atoms. The number of amides is 1. The first kappa shape index (κ1) is 16.2. The molecule has 0 radical (unpaired) electrons. The summed E-state index contributed by atoms with van der Waals surface area (Å²) in [6.45, 7) is 5.92. The van der Waals surface area contributed by atoms with Gasteiger partial charge in [-0.2, -0.15) is 0 Å². The van der Waals surface area contributed by atoms with Crippen LogP contribution in [-0.4, -0.2) is 30.6 Å². The molecule has 1 aromatic rings. The molecule has 20 heavy (non-hydrogen) atoms. The highest BCUT2D eigenvalue weighted by molar-refractivity contribution is 5.73. The van der Waals surface area contributed by atoms with Gasteiger partial charge in [0.2, 0.25) is 0 Å². The molecule has 0 aliphatic carbocycles. The van der Waals surface area contributed by atoms with Gasteiger partial charge in [-0.15, -0.1) is 0 Å².